The molecule has 1 amide bonds. The van der Waals surface area contributed by atoms with Crippen LogP contribution in [0.5, 0.6) is 11.5 Å². The molecule has 8 nitrogen and oxygen atoms in total. The third-order valence-electron chi connectivity index (χ3n) is 5.70. The summed E-state index contributed by atoms with van der Waals surface area (Å²) in [6, 6.07) is 7.64. The number of likely N-dealkylation sites (N-methyl/N-ethyl adjacent to an activating group) is 1. The molecule has 0 unspecified atom stereocenters. The third kappa shape index (κ3) is 3.98. The Hall–Kier alpha value is -2.87. The van der Waals surface area contributed by atoms with E-state index in [1.54, 1.807) is 20.3 Å². The van der Waals surface area contributed by atoms with E-state index in [0.29, 0.717) is 24.5 Å². The predicted octanol–water partition coefficient (Wildman–Crippen LogP) is 1.44. The van der Waals surface area contributed by atoms with Gasteiger partial charge in [-0.25, -0.2) is 0 Å². The van der Waals surface area contributed by atoms with Crippen LogP contribution in [0.25, 0.3) is 0 Å². The van der Waals surface area contributed by atoms with Gasteiger partial charge in [-0.15, -0.1) is 10.2 Å². The molecule has 154 valence electrons. The molecule has 2 aromatic rings. The second-order valence-corrected chi connectivity index (χ2v) is 7.52. The number of hydrogen-bond donors (Lipinski definition) is 0. The fourth-order valence-corrected chi connectivity index (χ4v) is 3.86. The maximum Gasteiger partial charge on any atom is 0.274 e. The van der Waals surface area contributed by atoms with Crippen molar-refractivity contribution in [3.05, 3.63) is 41.1 Å². The number of rotatable bonds is 4. The molecule has 4 rings (SSSR count). The van der Waals surface area contributed by atoms with Crippen molar-refractivity contribution in [2.75, 3.05) is 58.9 Å². The van der Waals surface area contributed by atoms with E-state index in [-0.39, 0.29) is 5.91 Å². The fourth-order valence-electron chi connectivity index (χ4n) is 3.86. The Labute approximate surface area is 171 Å². The summed E-state index contributed by atoms with van der Waals surface area (Å²) in [5, 5.41) is 8.53. The number of amides is 1. The van der Waals surface area contributed by atoms with Crippen molar-refractivity contribution in [3.8, 4) is 11.5 Å². The highest BCUT2D eigenvalue weighted by Gasteiger charge is 2.25. The highest BCUT2D eigenvalue weighted by atomic mass is 16.5. The minimum Gasteiger partial charge on any atom is -0.493 e. The zero-order chi connectivity index (χ0) is 20.4. The van der Waals surface area contributed by atoms with E-state index >= 15 is 0 Å². The number of piperazine rings is 1. The zero-order valence-corrected chi connectivity index (χ0v) is 17.2. The molecule has 2 aliphatic heterocycles. The fraction of sp³-hybridized carbons (Fsp3) is 0.476. The molecule has 1 aromatic carbocycles. The van der Waals surface area contributed by atoms with Crippen LogP contribution in [-0.4, -0.2) is 79.9 Å². The van der Waals surface area contributed by atoms with Crippen LogP contribution >= 0.6 is 0 Å². The van der Waals surface area contributed by atoms with Crippen molar-refractivity contribution in [1.29, 1.82) is 0 Å². The van der Waals surface area contributed by atoms with Gasteiger partial charge in [-0.1, -0.05) is 0 Å². The Bertz CT molecular complexity index is 879. The zero-order valence-electron chi connectivity index (χ0n) is 17.2. The number of ether oxygens (including phenoxy) is 2. The molecule has 3 heterocycles. The van der Waals surface area contributed by atoms with Gasteiger partial charge in [-0.05, 0) is 48.9 Å². The monoisotopic (exact) mass is 397 g/mol. The van der Waals surface area contributed by atoms with Gasteiger partial charge in [-0.3, -0.25) is 4.79 Å². The number of nitrogens with zero attached hydrogens (tertiary/aromatic N) is 5. The first-order valence-electron chi connectivity index (χ1n) is 9.89. The molecule has 0 bridgehead atoms. The van der Waals surface area contributed by atoms with Crippen LogP contribution in [0.3, 0.4) is 0 Å². The average Bonchev–Trinajstić information content (AvgIpc) is 2.78. The summed E-state index contributed by atoms with van der Waals surface area (Å²) >= 11 is 0. The Morgan fingerprint density at radius 3 is 2.24 bits per heavy atom. The first-order valence-corrected chi connectivity index (χ1v) is 9.89. The van der Waals surface area contributed by atoms with Crippen LogP contribution in [0.15, 0.2) is 24.3 Å². The number of fused-ring (bicyclic) bond motifs is 1. The smallest absolute Gasteiger partial charge is 0.274 e. The molecular weight excluding hydrogens is 370 g/mol. The topological polar surface area (TPSA) is 71.0 Å². The molecule has 2 aliphatic rings. The van der Waals surface area contributed by atoms with E-state index in [4.69, 9.17) is 9.47 Å². The van der Waals surface area contributed by atoms with E-state index in [2.05, 4.69) is 27.0 Å². The van der Waals surface area contributed by atoms with Crippen LogP contribution in [0.2, 0.25) is 0 Å². The number of benzene rings is 1. The van der Waals surface area contributed by atoms with Gasteiger partial charge < -0.3 is 24.2 Å². The lowest BCUT2D eigenvalue weighted by Crippen LogP contribution is -2.45. The Balaban J connectivity index is 1.46. The lowest BCUT2D eigenvalue weighted by Gasteiger charge is -2.33. The number of carbonyl (C=O) groups excluding carboxylic acids is 1. The largest absolute Gasteiger partial charge is 0.493 e. The van der Waals surface area contributed by atoms with Crippen LogP contribution in [-0.2, 0) is 13.0 Å². The third-order valence-corrected chi connectivity index (χ3v) is 5.70. The number of hydrogen-bond acceptors (Lipinski definition) is 7. The van der Waals surface area contributed by atoms with Gasteiger partial charge in [0.2, 0.25) is 0 Å². The number of anilines is 1. The standard InChI is InChI=1S/C21H27N5O3/c1-24-8-10-25(11-9-24)20-5-4-17(22-23-20)21(27)26-7-6-15-12-18(28-2)19(29-3)13-16(15)14-26/h4-5,12-13H,6-11,14H2,1-3H3. The highest BCUT2D eigenvalue weighted by Crippen LogP contribution is 2.33. The number of methoxy groups -OCH3 is 2. The summed E-state index contributed by atoms with van der Waals surface area (Å²) in [7, 11) is 5.37. The van der Waals surface area contributed by atoms with E-state index in [0.717, 1.165) is 49.7 Å². The van der Waals surface area contributed by atoms with Gasteiger partial charge in [-0.2, -0.15) is 0 Å². The summed E-state index contributed by atoms with van der Waals surface area (Å²) in [6.45, 7) is 5.02. The van der Waals surface area contributed by atoms with Crippen LogP contribution in [0, 0.1) is 0 Å². The van der Waals surface area contributed by atoms with Crippen molar-refractivity contribution in [3.63, 3.8) is 0 Å². The molecule has 1 aromatic heterocycles. The Morgan fingerprint density at radius 1 is 0.931 bits per heavy atom. The highest BCUT2D eigenvalue weighted by molar-refractivity contribution is 5.92. The normalized spacial score (nSPS) is 17.1. The van der Waals surface area contributed by atoms with Crippen molar-refractivity contribution in [2.24, 2.45) is 0 Å². The van der Waals surface area contributed by atoms with E-state index in [1.165, 1.54) is 5.56 Å². The van der Waals surface area contributed by atoms with Gasteiger partial charge in [0, 0.05) is 39.3 Å². The Morgan fingerprint density at radius 2 is 1.62 bits per heavy atom. The minimum atomic E-state index is -0.0946. The molecule has 0 spiro atoms. The van der Waals surface area contributed by atoms with Crippen LogP contribution in [0.4, 0.5) is 5.82 Å². The molecule has 1 fully saturated rings. The molecule has 0 radical (unpaired) electrons. The summed E-state index contributed by atoms with van der Waals surface area (Å²) in [4.78, 5) is 19.3. The maximum atomic E-state index is 13.0. The summed E-state index contributed by atoms with van der Waals surface area (Å²) in [6.07, 6.45) is 0.772. The molecule has 0 saturated carbocycles. The van der Waals surface area contributed by atoms with Gasteiger partial charge in [0.15, 0.2) is 23.0 Å². The molecule has 8 heteroatoms. The molecular formula is C21H27N5O3. The first kappa shape index (κ1) is 19.4. The summed E-state index contributed by atoms with van der Waals surface area (Å²) in [5.41, 5.74) is 2.64. The lowest BCUT2D eigenvalue weighted by molar-refractivity contribution is 0.0727. The molecule has 29 heavy (non-hydrogen) atoms. The first-order chi connectivity index (χ1) is 14.1. The predicted molar refractivity (Wildman–Crippen MR) is 110 cm³/mol. The second-order valence-electron chi connectivity index (χ2n) is 7.52. The Kier molecular flexibility index (Phi) is 5.53. The number of carbonyl (C=O) groups is 1. The summed E-state index contributed by atoms with van der Waals surface area (Å²) < 4.78 is 10.8. The van der Waals surface area contributed by atoms with Gasteiger partial charge >= 0.3 is 0 Å². The van der Waals surface area contributed by atoms with Gasteiger partial charge in [0.25, 0.3) is 5.91 Å². The maximum absolute atomic E-state index is 13.0. The van der Waals surface area contributed by atoms with Crippen molar-refractivity contribution in [2.45, 2.75) is 13.0 Å². The molecule has 0 aliphatic carbocycles. The lowest BCUT2D eigenvalue weighted by atomic mass is 9.98. The van der Waals surface area contributed by atoms with Gasteiger partial charge in [0.05, 0.1) is 14.2 Å². The van der Waals surface area contributed by atoms with E-state index in [1.807, 2.05) is 23.1 Å². The van der Waals surface area contributed by atoms with Crippen molar-refractivity contribution >= 4 is 11.7 Å². The van der Waals surface area contributed by atoms with Crippen molar-refractivity contribution < 1.29 is 14.3 Å². The summed E-state index contributed by atoms with van der Waals surface area (Å²) in [5.74, 6) is 2.13. The van der Waals surface area contributed by atoms with E-state index < -0.39 is 0 Å². The second kappa shape index (κ2) is 8.24. The molecule has 0 atom stereocenters. The van der Waals surface area contributed by atoms with Crippen molar-refractivity contribution in [1.82, 2.24) is 20.0 Å². The van der Waals surface area contributed by atoms with Crippen LogP contribution < -0.4 is 14.4 Å². The minimum absolute atomic E-state index is 0.0946. The van der Waals surface area contributed by atoms with Gasteiger partial charge in [0.1, 0.15) is 0 Å². The van der Waals surface area contributed by atoms with Crippen LogP contribution in [0.1, 0.15) is 21.6 Å². The average molecular weight is 397 g/mol. The quantitative estimate of drug-likeness (QED) is 0.773. The number of aromatic nitrogens is 2. The van der Waals surface area contributed by atoms with E-state index in [9.17, 15) is 4.79 Å². The molecule has 1 saturated heterocycles. The molecule has 0 N–H and O–H groups in total. The SMILES string of the molecule is COc1cc2c(cc1OC)CN(C(=O)c1ccc(N3CCN(C)CC3)nn1)CC2.